The van der Waals surface area contributed by atoms with Gasteiger partial charge in [-0.15, -0.1) is 10.2 Å². The SMILES string of the molecule is O=C(NCc1nnc(-c2ccccc2)o1)c1ccc2nc(C3CC3)oc2c1. The molecular formula is C20H16N4O3. The Balaban J connectivity index is 1.28. The van der Waals surface area contributed by atoms with Crippen LogP contribution in [0.5, 0.6) is 0 Å². The van der Waals surface area contributed by atoms with E-state index in [1.165, 1.54) is 0 Å². The number of oxazole rings is 1. The second-order valence-electron chi connectivity index (χ2n) is 6.56. The van der Waals surface area contributed by atoms with E-state index in [9.17, 15) is 4.79 Å². The van der Waals surface area contributed by atoms with Crippen LogP contribution in [0.1, 0.15) is 40.9 Å². The molecule has 0 aliphatic heterocycles. The number of benzene rings is 2. The Hall–Kier alpha value is -3.48. The van der Waals surface area contributed by atoms with E-state index in [0.29, 0.717) is 28.8 Å². The highest BCUT2D eigenvalue weighted by Gasteiger charge is 2.29. The molecule has 0 radical (unpaired) electrons. The second-order valence-corrected chi connectivity index (χ2v) is 6.56. The van der Waals surface area contributed by atoms with Crippen LogP contribution in [0.15, 0.2) is 57.4 Å². The van der Waals surface area contributed by atoms with Gasteiger partial charge in [0.1, 0.15) is 5.52 Å². The van der Waals surface area contributed by atoms with Gasteiger partial charge in [0.25, 0.3) is 5.91 Å². The third kappa shape index (κ3) is 3.19. The van der Waals surface area contributed by atoms with Gasteiger partial charge < -0.3 is 14.2 Å². The third-order valence-corrected chi connectivity index (χ3v) is 4.48. The fourth-order valence-corrected chi connectivity index (χ4v) is 2.87. The molecule has 2 aromatic carbocycles. The van der Waals surface area contributed by atoms with E-state index in [1.807, 2.05) is 30.3 Å². The molecule has 0 bridgehead atoms. The van der Waals surface area contributed by atoms with Crippen molar-refractivity contribution in [2.75, 3.05) is 0 Å². The predicted octanol–water partition coefficient (Wildman–Crippen LogP) is 3.69. The predicted molar refractivity (Wildman–Crippen MR) is 96.9 cm³/mol. The van der Waals surface area contributed by atoms with E-state index < -0.39 is 0 Å². The first-order valence-corrected chi connectivity index (χ1v) is 8.83. The summed E-state index contributed by atoms with van der Waals surface area (Å²) in [7, 11) is 0. The van der Waals surface area contributed by atoms with Gasteiger partial charge in [0.2, 0.25) is 11.8 Å². The average molecular weight is 360 g/mol. The number of fused-ring (bicyclic) bond motifs is 1. The van der Waals surface area contributed by atoms with E-state index in [1.54, 1.807) is 18.2 Å². The first kappa shape index (κ1) is 15.7. The highest BCUT2D eigenvalue weighted by molar-refractivity contribution is 5.96. The lowest BCUT2D eigenvalue weighted by atomic mass is 10.2. The zero-order valence-corrected chi connectivity index (χ0v) is 14.4. The lowest BCUT2D eigenvalue weighted by molar-refractivity contribution is 0.0947. The number of carbonyl (C=O) groups is 1. The van der Waals surface area contributed by atoms with Crippen LogP contribution in [0.25, 0.3) is 22.6 Å². The maximum Gasteiger partial charge on any atom is 0.251 e. The van der Waals surface area contributed by atoms with Crippen molar-refractivity contribution in [3.8, 4) is 11.5 Å². The molecule has 5 rings (SSSR count). The zero-order valence-electron chi connectivity index (χ0n) is 14.4. The lowest BCUT2D eigenvalue weighted by Crippen LogP contribution is -2.22. The average Bonchev–Trinajstić information content (AvgIpc) is 3.30. The molecule has 0 atom stereocenters. The molecule has 1 aliphatic carbocycles. The minimum Gasteiger partial charge on any atom is -0.440 e. The molecule has 134 valence electrons. The summed E-state index contributed by atoms with van der Waals surface area (Å²) >= 11 is 0. The summed E-state index contributed by atoms with van der Waals surface area (Å²) in [4.78, 5) is 16.9. The minimum atomic E-state index is -0.235. The van der Waals surface area contributed by atoms with Crippen LogP contribution in [0, 0.1) is 0 Å². The largest absolute Gasteiger partial charge is 0.440 e. The summed E-state index contributed by atoms with van der Waals surface area (Å²) in [6.45, 7) is 0.153. The Morgan fingerprint density at radius 2 is 1.93 bits per heavy atom. The summed E-state index contributed by atoms with van der Waals surface area (Å²) in [5.41, 5.74) is 2.75. The highest BCUT2D eigenvalue weighted by atomic mass is 16.4. The van der Waals surface area contributed by atoms with Gasteiger partial charge in [0, 0.05) is 17.0 Å². The first-order chi connectivity index (χ1) is 13.3. The van der Waals surface area contributed by atoms with Crippen molar-refractivity contribution < 1.29 is 13.6 Å². The van der Waals surface area contributed by atoms with Crippen LogP contribution in [0.4, 0.5) is 0 Å². The number of hydrogen-bond donors (Lipinski definition) is 1. The maximum absolute atomic E-state index is 12.4. The Labute approximate surface area is 154 Å². The van der Waals surface area contributed by atoms with Crippen LogP contribution in [0.3, 0.4) is 0 Å². The van der Waals surface area contributed by atoms with Gasteiger partial charge in [0.15, 0.2) is 11.5 Å². The molecule has 0 unspecified atom stereocenters. The number of nitrogens with zero attached hydrogens (tertiary/aromatic N) is 3. The molecule has 4 aromatic rings. The molecule has 7 heteroatoms. The number of amides is 1. The Kier molecular flexibility index (Phi) is 3.71. The van der Waals surface area contributed by atoms with Gasteiger partial charge in [0.05, 0.1) is 6.54 Å². The summed E-state index contributed by atoms with van der Waals surface area (Å²) in [6.07, 6.45) is 2.24. The van der Waals surface area contributed by atoms with Gasteiger partial charge in [-0.05, 0) is 43.2 Å². The minimum absolute atomic E-state index is 0.153. The second kappa shape index (κ2) is 6.35. The molecule has 1 amide bonds. The van der Waals surface area contributed by atoms with Gasteiger partial charge in [-0.1, -0.05) is 18.2 Å². The molecule has 1 aliphatic rings. The van der Waals surface area contributed by atoms with E-state index in [0.717, 1.165) is 29.8 Å². The Bertz CT molecular complexity index is 1110. The monoisotopic (exact) mass is 360 g/mol. The number of hydrogen-bond acceptors (Lipinski definition) is 6. The fourth-order valence-electron chi connectivity index (χ4n) is 2.87. The van der Waals surface area contributed by atoms with Crippen LogP contribution < -0.4 is 5.32 Å². The van der Waals surface area contributed by atoms with Crippen LogP contribution >= 0.6 is 0 Å². The van der Waals surface area contributed by atoms with Crippen molar-refractivity contribution in [3.05, 3.63) is 65.9 Å². The molecular weight excluding hydrogens is 344 g/mol. The van der Waals surface area contributed by atoms with Crippen molar-refractivity contribution >= 4 is 17.0 Å². The van der Waals surface area contributed by atoms with E-state index in [-0.39, 0.29) is 12.5 Å². The van der Waals surface area contributed by atoms with E-state index in [2.05, 4.69) is 20.5 Å². The van der Waals surface area contributed by atoms with Crippen molar-refractivity contribution in [1.29, 1.82) is 0 Å². The molecule has 1 fully saturated rings. The van der Waals surface area contributed by atoms with Gasteiger partial charge in [-0.25, -0.2) is 4.98 Å². The first-order valence-electron chi connectivity index (χ1n) is 8.83. The number of nitrogens with one attached hydrogen (secondary N) is 1. The normalized spacial score (nSPS) is 13.8. The smallest absolute Gasteiger partial charge is 0.251 e. The van der Waals surface area contributed by atoms with Crippen molar-refractivity contribution in [2.24, 2.45) is 0 Å². The van der Waals surface area contributed by atoms with Gasteiger partial charge >= 0.3 is 0 Å². The molecule has 2 heterocycles. The third-order valence-electron chi connectivity index (χ3n) is 4.48. The molecule has 1 N–H and O–H groups in total. The van der Waals surface area contributed by atoms with E-state index in [4.69, 9.17) is 8.83 Å². The van der Waals surface area contributed by atoms with Crippen LogP contribution in [-0.2, 0) is 6.54 Å². The molecule has 2 aromatic heterocycles. The zero-order chi connectivity index (χ0) is 18.2. The van der Waals surface area contributed by atoms with Gasteiger partial charge in [-0.2, -0.15) is 0 Å². The maximum atomic E-state index is 12.4. The molecule has 0 saturated heterocycles. The molecule has 27 heavy (non-hydrogen) atoms. The Morgan fingerprint density at radius 3 is 2.74 bits per heavy atom. The quantitative estimate of drug-likeness (QED) is 0.583. The summed E-state index contributed by atoms with van der Waals surface area (Å²) in [5.74, 6) is 1.74. The number of rotatable bonds is 5. The fraction of sp³-hybridized carbons (Fsp3) is 0.200. The van der Waals surface area contributed by atoms with Crippen molar-refractivity contribution in [2.45, 2.75) is 25.3 Å². The standard InChI is InChI=1S/C20H16N4O3/c25-18(14-8-9-15-16(10-14)26-19(22-15)13-6-7-13)21-11-17-23-24-20(27-17)12-4-2-1-3-5-12/h1-5,8-10,13H,6-7,11H2,(H,21,25). The molecule has 0 spiro atoms. The molecule has 1 saturated carbocycles. The highest BCUT2D eigenvalue weighted by Crippen LogP contribution is 2.40. The van der Waals surface area contributed by atoms with Gasteiger partial charge in [-0.3, -0.25) is 4.79 Å². The number of aromatic nitrogens is 3. The lowest BCUT2D eigenvalue weighted by Gasteiger charge is -2.02. The Morgan fingerprint density at radius 1 is 1.07 bits per heavy atom. The molecule has 7 nitrogen and oxygen atoms in total. The summed E-state index contributed by atoms with van der Waals surface area (Å²) in [5, 5.41) is 10.8. The van der Waals surface area contributed by atoms with Crippen molar-refractivity contribution in [1.82, 2.24) is 20.5 Å². The van der Waals surface area contributed by atoms with Crippen LogP contribution in [-0.4, -0.2) is 21.1 Å². The van der Waals surface area contributed by atoms with Crippen molar-refractivity contribution in [3.63, 3.8) is 0 Å². The summed E-state index contributed by atoms with van der Waals surface area (Å²) < 4.78 is 11.4. The number of carbonyl (C=O) groups excluding carboxylic acids is 1. The summed E-state index contributed by atoms with van der Waals surface area (Å²) in [6, 6.07) is 14.7. The topological polar surface area (TPSA) is 94.1 Å². The van der Waals surface area contributed by atoms with Crippen LogP contribution in [0.2, 0.25) is 0 Å². The van der Waals surface area contributed by atoms with E-state index >= 15 is 0 Å².